The van der Waals surface area contributed by atoms with Crippen LogP contribution < -0.4 is 5.56 Å². The van der Waals surface area contributed by atoms with E-state index in [1.54, 1.807) is 19.2 Å². The van der Waals surface area contributed by atoms with Crippen molar-refractivity contribution in [1.82, 2.24) is 24.3 Å². The first kappa shape index (κ1) is 19.9. The highest BCUT2D eigenvalue weighted by molar-refractivity contribution is 5.92. The Labute approximate surface area is 180 Å². The first-order valence-corrected chi connectivity index (χ1v) is 11.1. The molecule has 2 saturated heterocycles. The maximum atomic E-state index is 12.9. The van der Waals surface area contributed by atoms with E-state index in [0.717, 1.165) is 44.5 Å². The fourth-order valence-electron chi connectivity index (χ4n) is 5.23. The minimum atomic E-state index is -0.101. The summed E-state index contributed by atoms with van der Waals surface area (Å²) in [6.45, 7) is 5.08. The summed E-state index contributed by atoms with van der Waals surface area (Å²) in [5.41, 5.74) is 2.41. The summed E-state index contributed by atoms with van der Waals surface area (Å²) in [5, 5.41) is 0. The van der Waals surface area contributed by atoms with Crippen molar-refractivity contribution in [2.24, 2.45) is 5.92 Å². The largest absolute Gasteiger partial charge is 0.342 e. The van der Waals surface area contributed by atoms with Crippen molar-refractivity contribution in [3.63, 3.8) is 0 Å². The lowest BCUT2D eigenvalue weighted by Crippen LogP contribution is -2.48. The predicted molar refractivity (Wildman–Crippen MR) is 115 cm³/mol. The van der Waals surface area contributed by atoms with Gasteiger partial charge >= 0.3 is 0 Å². The van der Waals surface area contributed by atoms with Crippen molar-refractivity contribution in [3.8, 4) is 11.3 Å². The van der Waals surface area contributed by atoms with Crippen LogP contribution in [0.1, 0.15) is 54.7 Å². The Morgan fingerprint density at radius 3 is 2.58 bits per heavy atom. The van der Waals surface area contributed by atoms with Crippen molar-refractivity contribution in [2.75, 3.05) is 26.2 Å². The molecule has 2 fully saturated rings. The smallest absolute Gasteiger partial charge is 0.274 e. The van der Waals surface area contributed by atoms with E-state index in [9.17, 15) is 14.4 Å². The molecule has 2 aromatic heterocycles. The van der Waals surface area contributed by atoms with E-state index in [-0.39, 0.29) is 23.3 Å². The summed E-state index contributed by atoms with van der Waals surface area (Å²) in [6.07, 6.45) is 7.26. The molecule has 3 aliphatic rings. The van der Waals surface area contributed by atoms with Crippen LogP contribution >= 0.6 is 0 Å². The average Bonchev–Trinajstić information content (AvgIpc) is 2.79. The number of nitrogens with zero attached hydrogens (tertiary/aromatic N) is 5. The molecule has 8 nitrogen and oxygen atoms in total. The van der Waals surface area contributed by atoms with Gasteiger partial charge in [0.25, 0.3) is 11.5 Å². The standard InChI is InChI=1S/C23H27N5O3/c1-15(29)27-12-16-7-18(14-27)21-8-17(9-22(30)28(21)13-16)19-10-24-11-20(25-19)23(31)26-5-3-2-4-6-26/h8-11,16,18H,2-7,12-14H2,1H3/t16-,18+/m0/s1. The number of carbonyl (C=O) groups excluding carboxylic acids is 2. The van der Waals surface area contributed by atoms with Gasteiger partial charge in [-0.3, -0.25) is 19.4 Å². The van der Waals surface area contributed by atoms with Gasteiger partial charge in [-0.15, -0.1) is 0 Å². The van der Waals surface area contributed by atoms with Crippen molar-refractivity contribution < 1.29 is 9.59 Å². The van der Waals surface area contributed by atoms with Gasteiger partial charge in [-0.1, -0.05) is 0 Å². The van der Waals surface area contributed by atoms with Gasteiger partial charge in [-0.05, 0) is 37.7 Å². The Bertz CT molecular complexity index is 1090. The molecule has 8 heteroatoms. The highest BCUT2D eigenvalue weighted by Crippen LogP contribution is 2.36. The first-order valence-electron chi connectivity index (χ1n) is 11.1. The van der Waals surface area contributed by atoms with E-state index in [4.69, 9.17) is 0 Å². The highest BCUT2D eigenvalue weighted by atomic mass is 16.2. The second-order valence-electron chi connectivity index (χ2n) is 8.98. The molecule has 162 valence electrons. The normalized spacial score (nSPS) is 22.7. The minimum absolute atomic E-state index is 0.0620. The molecule has 2 aromatic rings. The van der Waals surface area contributed by atoms with Crippen molar-refractivity contribution >= 4 is 11.8 Å². The van der Waals surface area contributed by atoms with Crippen LogP contribution in [-0.2, 0) is 11.3 Å². The van der Waals surface area contributed by atoms with Crippen molar-refractivity contribution in [2.45, 2.75) is 45.1 Å². The van der Waals surface area contributed by atoms with Crippen LogP contribution in [0.2, 0.25) is 0 Å². The van der Waals surface area contributed by atoms with Crippen LogP contribution in [0.25, 0.3) is 11.3 Å². The lowest BCUT2D eigenvalue weighted by atomic mass is 9.82. The summed E-state index contributed by atoms with van der Waals surface area (Å²) in [7, 11) is 0. The van der Waals surface area contributed by atoms with Crippen molar-refractivity contribution in [1.29, 1.82) is 0 Å². The van der Waals surface area contributed by atoms with Gasteiger partial charge in [0.1, 0.15) is 5.69 Å². The molecule has 5 rings (SSSR count). The van der Waals surface area contributed by atoms with Crippen LogP contribution in [-0.4, -0.2) is 62.3 Å². The molecule has 31 heavy (non-hydrogen) atoms. The SMILES string of the molecule is CC(=O)N1C[C@@H]2C[C@H](C1)c1cc(-c3cncc(C(=O)N4CCCCC4)n3)cc(=O)n1C2. The first-order chi connectivity index (χ1) is 15.0. The summed E-state index contributed by atoms with van der Waals surface area (Å²) in [4.78, 5) is 50.2. The second kappa shape index (κ2) is 7.90. The van der Waals surface area contributed by atoms with E-state index in [1.807, 2.05) is 20.4 Å². The number of hydrogen-bond acceptors (Lipinski definition) is 5. The van der Waals surface area contributed by atoms with Gasteiger partial charge in [0, 0.05) is 62.9 Å². The van der Waals surface area contributed by atoms with E-state index >= 15 is 0 Å². The fraction of sp³-hybridized carbons (Fsp3) is 0.522. The molecule has 2 atom stereocenters. The molecule has 2 bridgehead atoms. The molecule has 0 radical (unpaired) electrons. The topological polar surface area (TPSA) is 88.4 Å². The summed E-state index contributed by atoms with van der Waals surface area (Å²) < 4.78 is 1.84. The number of carbonyl (C=O) groups is 2. The minimum Gasteiger partial charge on any atom is -0.342 e. The van der Waals surface area contributed by atoms with Crippen LogP contribution in [0.5, 0.6) is 0 Å². The summed E-state index contributed by atoms with van der Waals surface area (Å²) in [6, 6.07) is 3.58. The Hall–Kier alpha value is -3.03. The lowest BCUT2D eigenvalue weighted by molar-refractivity contribution is -0.131. The predicted octanol–water partition coefficient (Wildman–Crippen LogP) is 1.90. The Kier molecular flexibility index (Phi) is 5.08. The number of pyridine rings is 1. The van der Waals surface area contributed by atoms with E-state index < -0.39 is 0 Å². The third-order valence-electron chi connectivity index (χ3n) is 6.79. The molecule has 0 unspecified atom stereocenters. The maximum absolute atomic E-state index is 12.9. The molecule has 2 amide bonds. The zero-order valence-electron chi connectivity index (χ0n) is 17.8. The summed E-state index contributed by atoms with van der Waals surface area (Å²) in [5.74, 6) is 0.423. The van der Waals surface area contributed by atoms with Crippen molar-refractivity contribution in [3.05, 3.63) is 46.3 Å². The molecule has 3 aliphatic heterocycles. The van der Waals surface area contributed by atoms with Gasteiger partial charge in [0.2, 0.25) is 5.91 Å². The zero-order valence-corrected chi connectivity index (χ0v) is 17.8. The van der Waals surface area contributed by atoms with E-state index in [1.165, 1.54) is 6.20 Å². The number of amides is 2. The van der Waals surface area contributed by atoms with Crippen LogP contribution in [0.3, 0.4) is 0 Å². The lowest BCUT2D eigenvalue weighted by Gasteiger charge is -2.42. The van der Waals surface area contributed by atoms with Crippen LogP contribution in [0.4, 0.5) is 0 Å². The quantitative estimate of drug-likeness (QED) is 0.739. The van der Waals surface area contributed by atoms with Gasteiger partial charge in [0.05, 0.1) is 18.1 Å². The molecule has 5 heterocycles. The number of rotatable bonds is 2. The Balaban J connectivity index is 1.48. The molecule has 0 N–H and O–H groups in total. The van der Waals surface area contributed by atoms with E-state index in [0.29, 0.717) is 42.5 Å². The number of likely N-dealkylation sites (tertiary alicyclic amines) is 2. The fourth-order valence-corrected chi connectivity index (χ4v) is 5.23. The molecular weight excluding hydrogens is 394 g/mol. The number of aromatic nitrogens is 3. The summed E-state index contributed by atoms with van der Waals surface area (Å²) >= 11 is 0. The maximum Gasteiger partial charge on any atom is 0.274 e. The Morgan fingerprint density at radius 2 is 1.81 bits per heavy atom. The Morgan fingerprint density at radius 1 is 1.00 bits per heavy atom. The number of fused-ring (bicyclic) bond motifs is 4. The molecule has 0 spiro atoms. The number of piperidine rings is 2. The monoisotopic (exact) mass is 421 g/mol. The van der Waals surface area contributed by atoms with E-state index in [2.05, 4.69) is 9.97 Å². The van der Waals surface area contributed by atoms with Crippen LogP contribution in [0, 0.1) is 5.92 Å². The van der Waals surface area contributed by atoms with Gasteiger partial charge in [-0.2, -0.15) is 0 Å². The third kappa shape index (κ3) is 3.75. The highest BCUT2D eigenvalue weighted by Gasteiger charge is 2.35. The number of hydrogen-bond donors (Lipinski definition) is 0. The molecule has 0 aliphatic carbocycles. The van der Waals surface area contributed by atoms with Gasteiger partial charge < -0.3 is 14.4 Å². The third-order valence-corrected chi connectivity index (χ3v) is 6.79. The van der Waals surface area contributed by atoms with Crippen LogP contribution in [0.15, 0.2) is 29.3 Å². The molecule has 0 saturated carbocycles. The van der Waals surface area contributed by atoms with Gasteiger partial charge in [-0.25, -0.2) is 4.98 Å². The zero-order chi connectivity index (χ0) is 21.5. The van der Waals surface area contributed by atoms with Gasteiger partial charge in [0.15, 0.2) is 0 Å². The average molecular weight is 422 g/mol. The molecular formula is C23H27N5O3. The molecule has 0 aromatic carbocycles. The second-order valence-corrected chi connectivity index (χ2v) is 8.98.